The van der Waals surface area contributed by atoms with Crippen molar-refractivity contribution in [2.24, 2.45) is 5.14 Å². The van der Waals surface area contributed by atoms with Crippen LogP contribution in [-0.4, -0.2) is 38.0 Å². The smallest absolute Gasteiger partial charge is 0.344 e. The van der Waals surface area contributed by atoms with E-state index in [1.807, 2.05) is 43.5 Å². The summed E-state index contributed by atoms with van der Waals surface area (Å²) in [6.45, 7) is 6.94. The number of carbonyl (C=O) groups excluding carboxylic acids is 2. The molecule has 0 radical (unpaired) electrons. The Morgan fingerprint density at radius 2 is 1.65 bits per heavy atom. The lowest BCUT2D eigenvalue weighted by Gasteiger charge is -2.13. The van der Waals surface area contributed by atoms with Crippen LogP contribution in [0.4, 0.5) is 0 Å². The Labute approximate surface area is 199 Å². The normalized spacial score (nSPS) is 11.5. The molecule has 0 atom stereocenters. The van der Waals surface area contributed by atoms with Crippen LogP contribution in [0.5, 0.6) is 5.75 Å². The van der Waals surface area contributed by atoms with Crippen LogP contribution in [0, 0.1) is 13.8 Å². The summed E-state index contributed by atoms with van der Waals surface area (Å²) in [6.07, 6.45) is 0. The Bertz CT molecular complexity index is 1310. The third-order valence-corrected chi connectivity index (χ3v) is 6.34. The fourth-order valence-electron chi connectivity index (χ4n) is 3.72. The van der Waals surface area contributed by atoms with Crippen molar-refractivity contribution in [3.63, 3.8) is 0 Å². The molecule has 0 fully saturated rings. The summed E-state index contributed by atoms with van der Waals surface area (Å²) in [5, 5.41) is 5.15. The molecule has 8 nitrogen and oxygen atoms in total. The quantitative estimate of drug-likeness (QED) is 0.366. The van der Waals surface area contributed by atoms with Crippen LogP contribution in [0.15, 0.2) is 59.5 Å². The number of nitrogens with zero attached hydrogens (tertiary/aromatic N) is 1. The van der Waals surface area contributed by atoms with Gasteiger partial charge < -0.3 is 14.0 Å². The van der Waals surface area contributed by atoms with Gasteiger partial charge in [-0.1, -0.05) is 32.0 Å². The molecular formula is C25H28N2O6S. The van der Waals surface area contributed by atoms with Crippen LogP contribution in [0.1, 0.15) is 47.1 Å². The molecule has 2 N–H and O–H groups in total. The van der Waals surface area contributed by atoms with E-state index in [1.54, 1.807) is 31.2 Å². The molecular weight excluding hydrogens is 456 g/mol. The lowest BCUT2D eigenvalue weighted by molar-refractivity contribution is -0.144. The maximum Gasteiger partial charge on any atom is 0.344 e. The van der Waals surface area contributed by atoms with Crippen LogP contribution < -0.4 is 9.88 Å². The molecule has 0 aliphatic rings. The highest BCUT2D eigenvalue weighted by Crippen LogP contribution is 2.26. The Hall–Kier alpha value is -3.43. The summed E-state index contributed by atoms with van der Waals surface area (Å²) in [5.74, 6) is -0.145. The number of carbonyl (C=O) groups is 2. The first-order valence-corrected chi connectivity index (χ1v) is 12.3. The van der Waals surface area contributed by atoms with Gasteiger partial charge in [0, 0.05) is 22.6 Å². The summed E-state index contributed by atoms with van der Waals surface area (Å²) in [7, 11) is -3.80. The zero-order chi connectivity index (χ0) is 25.0. The first-order valence-electron chi connectivity index (χ1n) is 10.7. The highest BCUT2D eigenvalue weighted by atomic mass is 32.2. The van der Waals surface area contributed by atoms with Gasteiger partial charge in [0.05, 0.1) is 4.90 Å². The maximum absolute atomic E-state index is 12.7. The number of sulfonamides is 1. The van der Waals surface area contributed by atoms with Gasteiger partial charge in [0.15, 0.2) is 13.2 Å². The number of primary sulfonamides is 1. The lowest BCUT2D eigenvalue weighted by Crippen LogP contribution is -2.20. The minimum absolute atomic E-state index is 0.000149. The second-order valence-corrected chi connectivity index (χ2v) is 9.79. The standard InChI is InChI=1S/C25H28N2O6S/c1-16(2)21-7-5-6-8-24(21)32-15-25(29)33-14-23(28)22-13-17(3)27(18(22)4)19-9-11-20(12-10-19)34(26,30)31/h5-13,16H,14-15H2,1-4H3,(H2,26,30,31). The Kier molecular flexibility index (Phi) is 7.58. The number of benzene rings is 2. The molecule has 0 aliphatic carbocycles. The molecule has 0 unspecified atom stereocenters. The van der Waals surface area contributed by atoms with Gasteiger partial charge in [-0.2, -0.15) is 0 Å². The van der Waals surface area contributed by atoms with Crippen LogP contribution in [0.25, 0.3) is 5.69 Å². The predicted octanol–water partition coefficient (Wildman–Crippen LogP) is 3.67. The SMILES string of the molecule is Cc1cc(C(=O)COC(=O)COc2ccccc2C(C)C)c(C)n1-c1ccc(S(N)(=O)=O)cc1. The van der Waals surface area contributed by atoms with Crippen molar-refractivity contribution in [2.45, 2.75) is 38.5 Å². The van der Waals surface area contributed by atoms with Crippen LogP contribution in [0.3, 0.4) is 0 Å². The predicted molar refractivity (Wildman–Crippen MR) is 128 cm³/mol. The monoisotopic (exact) mass is 484 g/mol. The number of para-hydroxylation sites is 1. The molecule has 0 aliphatic heterocycles. The number of nitrogens with two attached hydrogens (primary N) is 1. The van der Waals surface area contributed by atoms with E-state index in [0.717, 1.165) is 11.3 Å². The summed E-state index contributed by atoms with van der Waals surface area (Å²) < 4.78 is 35.5. The van der Waals surface area contributed by atoms with Gasteiger partial charge in [0.25, 0.3) is 0 Å². The van der Waals surface area contributed by atoms with Gasteiger partial charge in [0.2, 0.25) is 15.8 Å². The lowest BCUT2D eigenvalue weighted by atomic mass is 10.0. The molecule has 2 aromatic carbocycles. The first kappa shape index (κ1) is 25.2. The van der Waals surface area contributed by atoms with Gasteiger partial charge in [-0.15, -0.1) is 0 Å². The molecule has 3 rings (SSSR count). The van der Waals surface area contributed by atoms with E-state index < -0.39 is 22.6 Å². The largest absolute Gasteiger partial charge is 0.482 e. The van der Waals surface area contributed by atoms with E-state index in [9.17, 15) is 18.0 Å². The van der Waals surface area contributed by atoms with Gasteiger partial charge in [0.1, 0.15) is 5.75 Å². The molecule has 34 heavy (non-hydrogen) atoms. The molecule has 1 aromatic heterocycles. The first-order chi connectivity index (χ1) is 16.0. The van der Waals surface area contributed by atoms with Crippen molar-refractivity contribution in [3.8, 4) is 11.4 Å². The third-order valence-electron chi connectivity index (χ3n) is 5.41. The molecule has 0 spiro atoms. The maximum atomic E-state index is 12.7. The van der Waals surface area contributed by atoms with Crippen LogP contribution >= 0.6 is 0 Å². The number of aromatic nitrogens is 1. The summed E-state index contributed by atoms with van der Waals surface area (Å²) >= 11 is 0. The zero-order valence-electron chi connectivity index (χ0n) is 19.6. The Morgan fingerprint density at radius 3 is 2.26 bits per heavy atom. The van der Waals surface area contributed by atoms with E-state index >= 15 is 0 Å². The summed E-state index contributed by atoms with van der Waals surface area (Å²) in [4.78, 5) is 24.9. The van der Waals surface area contributed by atoms with E-state index in [-0.39, 0.29) is 23.2 Å². The molecule has 1 heterocycles. The van der Waals surface area contributed by atoms with Crippen molar-refractivity contribution >= 4 is 21.8 Å². The van der Waals surface area contributed by atoms with Crippen molar-refractivity contribution in [3.05, 3.63) is 77.1 Å². The number of ketones is 1. The van der Waals surface area contributed by atoms with Crippen LogP contribution in [0.2, 0.25) is 0 Å². The molecule has 0 saturated heterocycles. The number of Topliss-reactive ketones (excluding diaryl/α,β-unsaturated/α-hetero) is 1. The minimum Gasteiger partial charge on any atom is -0.482 e. The third kappa shape index (κ3) is 5.73. The van der Waals surface area contributed by atoms with Crippen molar-refractivity contribution in [1.82, 2.24) is 4.57 Å². The van der Waals surface area contributed by atoms with Crippen molar-refractivity contribution in [1.29, 1.82) is 0 Å². The van der Waals surface area contributed by atoms with Gasteiger partial charge in [-0.3, -0.25) is 4.79 Å². The van der Waals surface area contributed by atoms with E-state index in [1.165, 1.54) is 12.1 Å². The molecule has 0 saturated carbocycles. The second-order valence-electron chi connectivity index (χ2n) is 8.22. The average molecular weight is 485 g/mol. The number of hydrogen-bond acceptors (Lipinski definition) is 6. The van der Waals surface area contributed by atoms with Gasteiger partial charge in [-0.25, -0.2) is 18.4 Å². The number of rotatable bonds is 9. The van der Waals surface area contributed by atoms with E-state index in [2.05, 4.69) is 0 Å². The summed E-state index contributed by atoms with van der Waals surface area (Å²) in [6, 6.07) is 15.2. The minimum atomic E-state index is -3.80. The fraction of sp³-hybridized carbons (Fsp3) is 0.280. The number of hydrogen-bond donors (Lipinski definition) is 1. The molecule has 180 valence electrons. The van der Waals surface area contributed by atoms with Gasteiger partial charge in [-0.05, 0) is 61.7 Å². The Morgan fingerprint density at radius 1 is 1.00 bits per heavy atom. The fourth-order valence-corrected chi connectivity index (χ4v) is 4.23. The zero-order valence-corrected chi connectivity index (χ0v) is 20.4. The van der Waals surface area contributed by atoms with Crippen molar-refractivity contribution in [2.75, 3.05) is 13.2 Å². The number of esters is 1. The second kappa shape index (κ2) is 10.2. The highest BCUT2D eigenvalue weighted by molar-refractivity contribution is 7.89. The molecule has 3 aromatic rings. The van der Waals surface area contributed by atoms with Crippen LogP contribution in [-0.2, 0) is 19.6 Å². The van der Waals surface area contributed by atoms with Crippen molar-refractivity contribution < 1.29 is 27.5 Å². The topological polar surface area (TPSA) is 118 Å². The highest BCUT2D eigenvalue weighted by Gasteiger charge is 2.19. The summed E-state index contributed by atoms with van der Waals surface area (Å²) in [5.41, 5.74) is 3.48. The molecule has 0 amide bonds. The number of aryl methyl sites for hydroxylation is 1. The Balaban J connectivity index is 1.65. The number of ether oxygens (including phenoxy) is 2. The van der Waals surface area contributed by atoms with E-state index in [0.29, 0.717) is 22.7 Å². The van der Waals surface area contributed by atoms with Gasteiger partial charge >= 0.3 is 5.97 Å². The molecule has 9 heteroatoms. The molecule has 0 bridgehead atoms. The van der Waals surface area contributed by atoms with E-state index in [4.69, 9.17) is 14.6 Å². The average Bonchev–Trinajstić information content (AvgIpc) is 3.09.